The van der Waals surface area contributed by atoms with E-state index in [0.717, 1.165) is 38.0 Å². The number of aromatic nitrogens is 2. The second-order valence-electron chi connectivity index (χ2n) is 5.77. The molecule has 1 aromatic rings. The van der Waals surface area contributed by atoms with Crippen LogP contribution in [0.15, 0.2) is 12.5 Å². The van der Waals surface area contributed by atoms with E-state index in [2.05, 4.69) is 16.8 Å². The van der Waals surface area contributed by atoms with Crippen molar-refractivity contribution in [2.45, 2.75) is 38.8 Å². The Morgan fingerprint density at radius 3 is 2.84 bits per heavy atom. The molecule has 5 heteroatoms. The normalized spacial score (nSPS) is 28.7. The fraction of sp³-hybridized carbons (Fsp3) is 0.786. The van der Waals surface area contributed by atoms with Crippen LogP contribution in [0.5, 0.6) is 0 Å². The molecular formula is C14H25N3O2. The Morgan fingerprint density at radius 1 is 1.53 bits per heavy atom. The summed E-state index contributed by atoms with van der Waals surface area (Å²) < 4.78 is 2.01. The van der Waals surface area contributed by atoms with Gasteiger partial charge in [0.25, 0.3) is 0 Å². The second kappa shape index (κ2) is 6.03. The summed E-state index contributed by atoms with van der Waals surface area (Å²) in [6.45, 7) is 4.55. The Bertz CT molecular complexity index is 407. The Morgan fingerprint density at radius 2 is 2.32 bits per heavy atom. The van der Waals surface area contributed by atoms with E-state index in [1.165, 1.54) is 0 Å². The summed E-state index contributed by atoms with van der Waals surface area (Å²) in [6.07, 6.45) is 5.97. The standard InChI is InChI=1S/C14H25N3O2/c1-3-4-14(10-18)5-6-17(9-13(14)19)8-12-7-15-11-16(12)2/h7,11,13,18-19H,3-6,8-10H2,1-2H3/t13-,14+/m0/s1. The van der Waals surface area contributed by atoms with Crippen LogP contribution in [0.2, 0.25) is 0 Å². The Hall–Kier alpha value is -0.910. The summed E-state index contributed by atoms with van der Waals surface area (Å²) in [7, 11) is 1.98. The molecular weight excluding hydrogens is 242 g/mol. The van der Waals surface area contributed by atoms with Crippen LogP contribution in [0.3, 0.4) is 0 Å². The predicted octanol–water partition coefficient (Wildman–Crippen LogP) is 0.766. The highest BCUT2D eigenvalue weighted by atomic mass is 16.3. The number of piperidine rings is 1. The van der Waals surface area contributed by atoms with Crippen LogP contribution >= 0.6 is 0 Å². The maximum Gasteiger partial charge on any atom is 0.0945 e. The van der Waals surface area contributed by atoms with Gasteiger partial charge >= 0.3 is 0 Å². The van der Waals surface area contributed by atoms with Gasteiger partial charge in [0.1, 0.15) is 0 Å². The molecule has 108 valence electrons. The molecule has 19 heavy (non-hydrogen) atoms. The van der Waals surface area contributed by atoms with Crippen LogP contribution in [0.4, 0.5) is 0 Å². The van der Waals surface area contributed by atoms with Crippen LogP contribution in [0.1, 0.15) is 31.9 Å². The number of β-amino-alcohol motifs (C(OH)–C–C–N with tert-alkyl or cyclic N) is 1. The van der Waals surface area contributed by atoms with Crippen molar-refractivity contribution in [2.75, 3.05) is 19.7 Å². The first-order chi connectivity index (χ1) is 9.11. The van der Waals surface area contributed by atoms with Crippen molar-refractivity contribution in [3.05, 3.63) is 18.2 Å². The molecule has 0 saturated carbocycles. The third kappa shape index (κ3) is 2.99. The van der Waals surface area contributed by atoms with E-state index in [9.17, 15) is 10.2 Å². The molecule has 0 bridgehead atoms. The van der Waals surface area contributed by atoms with Crippen molar-refractivity contribution in [3.63, 3.8) is 0 Å². The fourth-order valence-corrected chi connectivity index (χ4v) is 3.04. The number of hydrogen-bond donors (Lipinski definition) is 2. The lowest BCUT2D eigenvalue weighted by Crippen LogP contribution is -2.52. The molecule has 2 N–H and O–H groups in total. The molecule has 0 radical (unpaired) electrons. The van der Waals surface area contributed by atoms with Crippen molar-refractivity contribution in [1.82, 2.24) is 14.5 Å². The third-order valence-corrected chi connectivity index (χ3v) is 4.43. The Kier molecular flexibility index (Phi) is 4.60. The molecule has 2 atom stereocenters. The van der Waals surface area contributed by atoms with Gasteiger partial charge in [-0.2, -0.15) is 0 Å². The molecule has 1 aliphatic rings. The molecule has 0 unspecified atom stereocenters. The number of nitrogens with zero attached hydrogens (tertiary/aromatic N) is 3. The van der Waals surface area contributed by atoms with Gasteiger partial charge in [-0.25, -0.2) is 4.98 Å². The zero-order valence-corrected chi connectivity index (χ0v) is 11.9. The molecule has 1 fully saturated rings. The molecule has 0 aromatic carbocycles. The van der Waals surface area contributed by atoms with Crippen molar-refractivity contribution in [3.8, 4) is 0 Å². The smallest absolute Gasteiger partial charge is 0.0945 e. The van der Waals surface area contributed by atoms with Gasteiger partial charge in [-0.15, -0.1) is 0 Å². The average Bonchev–Trinajstić information content (AvgIpc) is 2.79. The largest absolute Gasteiger partial charge is 0.396 e. The summed E-state index contributed by atoms with van der Waals surface area (Å²) in [4.78, 5) is 6.36. The van der Waals surface area contributed by atoms with Gasteiger partial charge in [-0.3, -0.25) is 4.90 Å². The summed E-state index contributed by atoms with van der Waals surface area (Å²) >= 11 is 0. The van der Waals surface area contributed by atoms with Crippen molar-refractivity contribution < 1.29 is 10.2 Å². The van der Waals surface area contributed by atoms with Crippen LogP contribution in [0, 0.1) is 5.41 Å². The zero-order chi connectivity index (χ0) is 13.9. The first kappa shape index (κ1) is 14.5. The maximum atomic E-state index is 10.4. The number of likely N-dealkylation sites (tertiary alicyclic amines) is 1. The molecule has 2 heterocycles. The lowest BCUT2D eigenvalue weighted by atomic mass is 9.73. The molecule has 1 saturated heterocycles. The lowest BCUT2D eigenvalue weighted by Gasteiger charge is -2.44. The van der Waals surface area contributed by atoms with E-state index in [-0.39, 0.29) is 12.0 Å². The first-order valence-corrected chi connectivity index (χ1v) is 7.08. The molecule has 5 nitrogen and oxygen atoms in total. The maximum absolute atomic E-state index is 10.4. The van der Waals surface area contributed by atoms with E-state index >= 15 is 0 Å². The molecule has 0 amide bonds. The molecule has 0 spiro atoms. The number of aryl methyl sites for hydroxylation is 1. The fourth-order valence-electron chi connectivity index (χ4n) is 3.04. The van der Waals surface area contributed by atoms with E-state index in [0.29, 0.717) is 6.54 Å². The van der Waals surface area contributed by atoms with Gasteiger partial charge in [-0.1, -0.05) is 13.3 Å². The minimum Gasteiger partial charge on any atom is -0.396 e. The summed E-state index contributed by atoms with van der Waals surface area (Å²) in [6, 6.07) is 0. The molecule has 1 aliphatic heterocycles. The van der Waals surface area contributed by atoms with Gasteiger partial charge in [0, 0.05) is 31.7 Å². The monoisotopic (exact) mass is 267 g/mol. The zero-order valence-electron chi connectivity index (χ0n) is 11.9. The minimum absolute atomic E-state index is 0.0849. The molecule has 2 rings (SSSR count). The number of aliphatic hydroxyl groups is 2. The van der Waals surface area contributed by atoms with Gasteiger partial charge in [0.05, 0.1) is 24.7 Å². The van der Waals surface area contributed by atoms with Crippen LogP contribution in [0.25, 0.3) is 0 Å². The van der Waals surface area contributed by atoms with Gasteiger partial charge in [-0.05, 0) is 19.4 Å². The first-order valence-electron chi connectivity index (χ1n) is 7.08. The van der Waals surface area contributed by atoms with Crippen LogP contribution < -0.4 is 0 Å². The average molecular weight is 267 g/mol. The van der Waals surface area contributed by atoms with E-state index < -0.39 is 6.10 Å². The number of hydrogen-bond acceptors (Lipinski definition) is 4. The van der Waals surface area contributed by atoms with Crippen molar-refractivity contribution >= 4 is 0 Å². The summed E-state index contributed by atoms with van der Waals surface area (Å²) in [5.41, 5.74) is 0.858. The van der Waals surface area contributed by atoms with E-state index in [4.69, 9.17) is 0 Å². The minimum atomic E-state index is -0.445. The van der Waals surface area contributed by atoms with Crippen molar-refractivity contribution in [1.29, 1.82) is 0 Å². The number of aliphatic hydroxyl groups excluding tert-OH is 2. The van der Waals surface area contributed by atoms with Gasteiger partial charge in [0.2, 0.25) is 0 Å². The van der Waals surface area contributed by atoms with Crippen LogP contribution in [-0.4, -0.2) is 50.5 Å². The van der Waals surface area contributed by atoms with E-state index in [1.54, 1.807) is 6.33 Å². The third-order valence-electron chi connectivity index (χ3n) is 4.43. The predicted molar refractivity (Wildman–Crippen MR) is 73.5 cm³/mol. The van der Waals surface area contributed by atoms with Crippen LogP contribution in [-0.2, 0) is 13.6 Å². The summed E-state index contributed by atoms with van der Waals surface area (Å²) in [5, 5.41) is 20.0. The number of rotatable bonds is 5. The van der Waals surface area contributed by atoms with Gasteiger partial charge in [0.15, 0.2) is 0 Å². The SMILES string of the molecule is CCC[C@]1(CO)CCN(Cc2cncn2C)C[C@@H]1O. The molecule has 1 aromatic heterocycles. The highest BCUT2D eigenvalue weighted by Gasteiger charge is 2.41. The number of imidazole rings is 1. The van der Waals surface area contributed by atoms with Crippen molar-refractivity contribution in [2.24, 2.45) is 12.5 Å². The second-order valence-corrected chi connectivity index (χ2v) is 5.77. The molecule has 0 aliphatic carbocycles. The van der Waals surface area contributed by atoms with E-state index in [1.807, 2.05) is 17.8 Å². The Labute approximate surface area is 114 Å². The quantitative estimate of drug-likeness (QED) is 0.827. The lowest BCUT2D eigenvalue weighted by molar-refractivity contribution is -0.0805. The van der Waals surface area contributed by atoms with Gasteiger partial charge < -0.3 is 14.8 Å². The topological polar surface area (TPSA) is 61.5 Å². The highest BCUT2D eigenvalue weighted by Crippen LogP contribution is 2.36. The summed E-state index contributed by atoms with van der Waals surface area (Å²) in [5.74, 6) is 0. The highest BCUT2D eigenvalue weighted by molar-refractivity contribution is 5.00. The Balaban J connectivity index is 1.98.